The number of nitrogens with zero attached hydrogens (tertiary/aromatic N) is 2. The Morgan fingerprint density at radius 1 is 0.852 bits per heavy atom. The third-order valence-corrected chi connectivity index (χ3v) is 6.39. The molecule has 2 aromatic carbocycles. The first-order valence-electron chi connectivity index (χ1n) is 9.18. The molecule has 0 saturated carbocycles. The van der Waals surface area contributed by atoms with Gasteiger partial charge in [0.2, 0.25) is 0 Å². The van der Waals surface area contributed by atoms with Gasteiger partial charge in [-0.25, -0.2) is 0 Å². The van der Waals surface area contributed by atoms with Crippen LogP contribution in [0.1, 0.15) is 30.5 Å². The molecule has 1 aliphatic rings. The van der Waals surface area contributed by atoms with Crippen LogP contribution in [-0.4, -0.2) is 47.8 Å². The Morgan fingerprint density at radius 2 is 1.48 bits per heavy atom. The van der Waals surface area contributed by atoms with Crippen LogP contribution < -0.4 is 0 Å². The number of piperazine rings is 1. The van der Waals surface area contributed by atoms with Crippen molar-refractivity contribution < 1.29 is 9.59 Å². The SMILES string of the molecule is Cc1cc(C(=O)N2CCN(C(=O)c3cccc4ccccc34)CC2)sc1C. The average Bonchev–Trinajstić information content (AvgIpc) is 3.05. The second-order valence-electron chi connectivity index (χ2n) is 6.96. The maximum absolute atomic E-state index is 13.0. The molecule has 0 aliphatic carbocycles. The number of carbonyl (C=O) groups excluding carboxylic acids is 2. The van der Waals surface area contributed by atoms with E-state index in [0.717, 1.165) is 26.8 Å². The van der Waals surface area contributed by atoms with Crippen molar-refractivity contribution in [1.29, 1.82) is 0 Å². The number of aryl methyl sites for hydroxylation is 2. The van der Waals surface area contributed by atoms with Gasteiger partial charge >= 0.3 is 0 Å². The topological polar surface area (TPSA) is 40.6 Å². The van der Waals surface area contributed by atoms with Gasteiger partial charge in [-0.2, -0.15) is 0 Å². The second kappa shape index (κ2) is 7.16. The van der Waals surface area contributed by atoms with Gasteiger partial charge in [0.25, 0.3) is 11.8 Å². The van der Waals surface area contributed by atoms with Crippen molar-refractivity contribution in [3.63, 3.8) is 0 Å². The molecule has 138 valence electrons. The molecule has 1 saturated heterocycles. The summed E-state index contributed by atoms with van der Waals surface area (Å²) in [5.41, 5.74) is 1.89. The second-order valence-corrected chi connectivity index (χ2v) is 8.22. The van der Waals surface area contributed by atoms with Gasteiger partial charge in [-0.1, -0.05) is 36.4 Å². The molecule has 0 unspecified atom stereocenters. The molecular weight excluding hydrogens is 356 g/mol. The third kappa shape index (κ3) is 3.35. The average molecular weight is 378 g/mol. The van der Waals surface area contributed by atoms with Crippen molar-refractivity contribution >= 4 is 33.9 Å². The number of rotatable bonds is 2. The Bertz CT molecular complexity index is 991. The molecule has 4 rings (SSSR count). The molecule has 0 atom stereocenters. The number of benzene rings is 2. The number of hydrogen-bond acceptors (Lipinski definition) is 3. The van der Waals surface area contributed by atoms with Gasteiger partial charge in [0.05, 0.1) is 4.88 Å². The van der Waals surface area contributed by atoms with Gasteiger partial charge in [-0.15, -0.1) is 11.3 Å². The zero-order valence-corrected chi connectivity index (χ0v) is 16.4. The molecule has 0 radical (unpaired) electrons. The predicted octanol–water partition coefficient (Wildman–Crippen LogP) is 4.12. The van der Waals surface area contributed by atoms with Crippen molar-refractivity contribution in [2.24, 2.45) is 0 Å². The molecule has 1 aliphatic heterocycles. The maximum Gasteiger partial charge on any atom is 0.264 e. The highest BCUT2D eigenvalue weighted by Crippen LogP contribution is 2.24. The van der Waals surface area contributed by atoms with Crippen LogP contribution in [0.25, 0.3) is 10.8 Å². The van der Waals surface area contributed by atoms with E-state index in [0.29, 0.717) is 26.2 Å². The highest BCUT2D eigenvalue weighted by Gasteiger charge is 2.27. The summed E-state index contributed by atoms with van der Waals surface area (Å²) in [6, 6.07) is 15.8. The lowest BCUT2D eigenvalue weighted by molar-refractivity contribution is 0.0539. The van der Waals surface area contributed by atoms with E-state index in [1.165, 1.54) is 4.88 Å². The Labute approximate surface area is 163 Å². The summed E-state index contributed by atoms with van der Waals surface area (Å²) in [6.45, 7) is 6.35. The Kier molecular flexibility index (Phi) is 4.70. The first kappa shape index (κ1) is 17.7. The van der Waals surface area contributed by atoms with Crippen LogP contribution in [0.15, 0.2) is 48.5 Å². The molecule has 5 heteroatoms. The molecule has 2 heterocycles. The summed E-state index contributed by atoms with van der Waals surface area (Å²) in [6.07, 6.45) is 0. The van der Waals surface area contributed by atoms with Crippen LogP contribution in [0, 0.1) is 13.8 Å². The van der Waals surface area contributed by atoms with Gasteiger partial charge < -0.3 is 9.80 Å². The van der Waals surface area contributed by atoms with E-state index in [2.05, 4.69) is 0 Å². The van der Waals surface area contributed by atoms with Gasteiger partial charge in [0.1, 0.15) is 0 Å². The van der Waals surface area contributed by atoms with Crippen molar-refractivity contribution in [1.82, 2.24) is 9.80 Å². The summed E-state index contributed by atoms with van der Waals surface area (Å²) in [5.74, 6) is 0.121. The minimum atomic E-state index is 0.0433. The number of amides is 2. The normalized spacial score (nSPS) is 14.6. The van der Waals surface area contributed by atoms with Gasteiger partial charge in [0.15, 0.2) is 0 Å². The zero-order valence-electron chi connectivity index (χ0n) is 15.6. The minimum absolute atomic E-state index is 0.0433. The van der Waals surface area contributed by atoms with Crippen molar-refractivity contribution in [2.45, 2.75) is 13.8 Å². The standard InChI is InChI=1S/C22H22N2O2S/c1-15-14-20(27-16(15)2)22(26)24-12-10-23(11-13-24)21(25)19-9-5-7-17-6-3-4-8-18(17)19/h3-9,14H,10-13H2,1-2H3. The summed E-state index contributed by atoms with van der Waals surface area (Å²) >= 11 is 1.55. The number of thiophene rings is 1. The molecule has 1 aromatic heterocycles. The molecular formula is C22H22N2O2S. The van der Waals surface area contributed by atoms with Crippen LogP contribution >= 0.6 is 11.3 Å². The van der Waals surface area contributed by atoms with Crippen molar-refractivity contribution in [3.05, 3.63) is 69.4 Å². The molecule has 0 spiro atoms. The van der Waals surface area contributed by atoms with Crippen molar-refractivity contribution in [3.8, 4) is 0 Å². The van der Waals surface area contributed by atoms with E-state index in [-0.39, 0.29) is 11.8 Å². The van der Waals surface area contributed by atoms with Gasteiger partial charge in [-0.05, 0) is 42.3 Å². The Morgan fingerprint density at radius 3 is 2.15 bits per heavy atom. The lowest BCUT2D eigenvalue weighted by Gasteiger charge is -2.34. The van der Waals surface area contributed by atoms with Crippen molar-refractivity contribution in [2.75, 3.05) is 26.2 Å². The first-order valence-corrected chi connectivity index (χ1v) is 9.99. The van der Waals surface area contributed by atoms with Gasteiger partial charge in [0, 0.05) is 36.6 Å². The molecule has 3 aromatic rings. The monoisotopic (exact) mass is 378 g/mol. The van der Waals surface area contributed by atoms with E-state index < -0.39 is 0 Å². The van der Waals surface area contributed by atoms with E-state index in [1.807, 2.05) is 72.2 Å². The fraction of sp³-hybridized carbons (Fsp3) is 0.273. The van der Waals surface area contributed by atoms with Crippen LogP contribution in [-0.2, 0) is 0 Å². The van der Waals surface area contributed by atoms with Crippen LogP contribution in [0.3, 0.4) is 0 Å². The first-order chi connectivity index (χ1) is 13.0. The molecule has 0 bridgehead atoms. The van der Waals surface area contributed by atoms with Crippen LogP contribution in [0.5, 0.6) is 0 Å². The maximum atomic E-state index is 13.0. The summed E-state index contributed by atoms with van der Waals surface area (Å²) in [4.78, 5) is 31.4. The number of carbonyl (C=O) groups is 2. The van der Waals surface area contributed by atoms with E-state index in [4.69, 9.17) is 0 Å². The fourth-order valence-corrected chi connectivity index (χ4v) is 4.53. The largest absolute Gasteiger partial charge is 0.335 e. The van der Waals surface area contributed by atoms with E-state index in [1.54, 1.807) is 11.3 Å². The molecule has 2 amide bonds. The molecule has 0 N–H and O–H groups in total. The van der Waals surface area contributed by atoms with E-state index >= 15 is 0 Å². The fourth-order valence-electron chi connectivity index (χ4n) is 3.53. The number of fused-ring (bicyclic) bond motifs is 1. The Hall–Kier alpha value is -2.66. The predicted molar refractivity (Wildman–Crippen MR) is 110 cm³/mol. The van der Waals surface area contributed by atoms with Crippen LogP contribution in [0.4, 0.5) is 0 Å². The lowest BCUT2D eigenvalue weighted by atomic mass is 10.0. The highest BCUT2D eigenvalue weighted by molar-refractivity contribution is 7.14. The quantitative estimate of drug-likeness (QED) is 0.673. The van der Waals surface area contributed by atoms with Gasteiger partial charge in [-0.3, -0.25) is 9.59 Å². The summed E-state index contributed by atoms with van der Waals surface area (Å²) < 4.78 is 0. The van der Waals surface area contributed by atoms with E-state index in [9.17, 15) is 9.59 Å². The zero-order chi connectivity index (χ0) is 19.0. The third-order valence-electron chi connectivity index (χ3n) is 5.25. The minimum Gasteiger partial charge on any atom is -0.335 e. The smallest absolute Gasteiger partial charge is 0.264 e. The molecule has 27 heavy (non-hydrogen) atoms. The summed E-state index contributed by atoms with van der Waals surface area (Å²) in [5, 5.41) is 2.05. The number of hydrogen-bond donors (Lipinski definition) is 0. The Balaban J connectivity index is 1.47. The summed E-state index contributed by atoms with van der Waals surface area (Å²) in [7, 11) is 0. The van der Waals surface area contributed by atoms with Crippen LogP contribution in [0.2, 0.25) is 0 Å². The molecule has 1 fully saturated rings. The molecule has 4 nitrogen and oxygen atoms in total. The highest BCUT2D eigenvalue weighted by atomic mass is 32.1. The lowest BCUT2D eigenvalue weighted by Crippen LogP contribution is -2.50.